The van der Waals surface area contributed by atoms with E-state index in [2.05, 4.69) is 4.52 Å². The molecule has 0 amide bonds. The van der Waals surface area contributed by atoms with Crippen LogP contribution in [0.3, 0.4) is 0 Å². The molecule has 1 heterocycles. The van der Waals surface area contributed by atoms with Crippen LogP contribution in [0.1, 0.15) is 13.8 Å². The van der Waals surface area contributed by atoms with Gasteiger partial charge in [-0.15, -0.1) is 0 Å². The summed E-state index contributed by atoms with van der Waals surface area (Å²) in [7, 11) is -8.88. The summed E-state index contributed by atoms with van der Waals surface area (Å²) in [6.07, 6.45) is -1.90. The molecule has 0 bridgehead atoms. The Hall–Kier alpha value is 0.220. The quantitative estimate of drug-likeness (QED) is 0.401. The van der Waals surface area contributed by atoms with Crippen LogP contribution in [-0.2, 0) is 18.4 Å². The Balaban J connectivity index is 2.61. The molecule has 16 heavy (non-hydrogen) atoms. The number of hydrogen-bond acceptors (Lipinski definition) is 5. The lowest BCUT2D eigenvalue weighted by Crippen LogP contribution is -2.25. The number of aliphatic hydroxyl groups is 1. The molecule has 0 aromatic heterocycles. The largest absolute Gasteiger partial charge is 0.378 e. The molecule has 0 aromatic rings. The molecule has 8 nitrogen and oxygen atoms in total. The molecule has 10 heteroatoms. The van der Waals surface area contributed by atoms with Gasteiger partial charge in [0.1, 0.15) is 6.10 Å². The van der Waals surface area contributed by atoms with Crippen LogP contribution in [0.25, 0.3) is 0 Å². The Bertz CT molecular complexity index is 350. The zero-order valence-corrected chi connectivity index (χ0v) is 10.4. The van der Waals surface area contributed by atoms with E-state index in [1.807, 2.05) is 0 Å². The molecular weight excluding hydrogens is 262 g/mol. The molecule has 0 aliphatic carbocycles. The first-order valence-corrected chi connectivity index (χ1v) is 7.78. The number of rotatable bonds is 5. The van der Waals surface area contributed by atoms with Crippen molar-refractivity contribution >= 4 is 15.2 Å². The first kappa shape index (κ1) is 14.3. The predicted octanol–water partition coefficient (Wildman–Crippen LogP) is -0.182. The van der Waals surface area contributed by atoms with Gasteiger partial charge in [0.15, 0.2) is 11.7 Å². The second kappa shape index (κ2) is 4.48. The van der Waals surface area contributed by atoms with Crippen molar-refractivity contribution in [3.8, 4) is 0 Å². The third-order valence-electron chi connectivity index (χ3n) is 2.08. The topological polar surface area (TPSA) is 137 Å². The lowest BCUT2D eigenvalue weighted by Gasteiger charge is -2.22. The summed E-state index contributed by atoms with van der Waals surface area (Å²) in [5, 5.41) is 9.12. The van der Waals surface area contributed by atoms with E-state index in [0.29, 0.717) is 0 Å². The van der Waals surface area contributed by atoms with E-state index in [-0.39, 0.29) is 0 Å². The maximum Gasteiger partial charge on any atom is 0.359 e. The minimum Gasteiger partial charge on any atom is -0.378 e. The monoisotopic (exact) mass is 276 g/mol. The van der Waals surface area contributed by atoms with Crippen molar-refractivity contribution in [3.05, 3.63) is 0 Å². The summed E-state index contributed by atoms with van der Waals surface area (Å²) >= 11 is 0. The molecule has 1 saturated heterocycles. The number of ether oxygens (including phenoxy) is 1. The minimum atomic E-state index is -4.77. The Morgan fingerprint density at radius 1 is 1.31 bits per heavy atom. The third kappa shape index (κ3) is 3.35. The normalized spacial score (nSPS) is 32.9. The Kier molecular flexibility index (Phi) is 4.00. The lowest BCUT2D eigenvalue weighted by molar-refractivity contribution is 0.0698. The molecule has 0 radical (unpaired) electrons. The fraction of sp³-hybridized carbons (Fsp3) is 1.00. The SMILES string of the molecule is CC(OP(=O)(O)C1OC1C)C(O)P(=O)(O)O. The summed E-state index contributed by atoms with van der Waals surface area (Å²) in [5.74, 6) is -3.12. The zero-order chi connectivity index (χ0) is 12.7. The maximum atomic E-state index is 11.5. The molecule has 5 unspecified atom stereocenters. The van der Waals surface area contributed by atoms with Crippen molar-refractivity contribution in [1.82, 2.24) is 0 Å². The summed E-state index contributed by atoms with van der Waals surface area (Å²) in [5.41, 5.74) is 0. The molecule has 0 aromatic carbocycles. The molecule has 0 spiro atoms. The predicted molar refractivity (Wildman–Crippen MR) is 52.8 cm³/mol. The van der Waals surface area contributed by atoms with Crippen molar-refractivity contribution in [2.75, 3.05) is 0 Å². The fourth-order valence-corrected chi connectivity index (χ4v) is 3.43. The zero-order valence-electron chi connectivity index (χ0n) is 8.63. The standard InChI is InChI=1S/C6H14O8P2/c1-3(5(7)15(8,9)10)14-16(11,12)6-4(2)13-6/h3-7H,1-2H3,(H,11,12)(H2,8,9,10). The summed E-state index contributed by atoms with van der Waals surface area (Å²) in [4.78, 5) is 26.6. The molecule has 4 N–H and O–H groups in total. The number of epoxide rings is 1. The average Bonchev–Trinajstić information content (AvgIpc) is 2.79. The lowest BCUT2D eigenvalue weighted by atomic mass is 10.4. The first-order chi connectivity index (χ1) is 7.05. The van der Waals surface area contributed by atoms with E-state index in [0.717, 1.165) is 6.92 Å². The third-order valence-corrected chi connectivity index (χ3v) is 5.01. The van der Waals surface area contributed by atoms with Gasteiger partial charge in [-0.25, -0.2) is 0 Å². The van der Waals surface area contributed by atoms with Gasteiger partial charge < -0.3 is 29.0 Å². The molecule has 1 aliphatic rings. The van der Waals surface area contributed by atoms with Crippen molar-refractivity contribution < 1.29 is 38.2 Å². The number of hydrogen-bond donors (Lipinski definition) is 4. The van der Waals surface area contributed by atoms with Gasteiger partial charge in [-0.05, 0) is 13.8 Å². The van der Waals surface area contributed by atoms with Crippen LogP contribution >= 0.6 is 15.2 Å². The molecule has 1 rings (SSSR count). The smallest absolute Gasteiger partial charge is 0.359 e. The van der Waals surface area contributed by atoms with Crippen molar-refractivity contribution in [1.29, 1.82) is 0 Å². The van der Waals surface area contributed by atoms with Crippen LogP contribution < -0.4 is 0 Å². The Morgan fingerprint density at radius 3 is 2.06 bits per heavy atom. The van der Waals surface area contributed by atoms with Gasteiger partial charge in [-0.3, -0.25) is 9.13 Å². The molecule has 5 atom stereocenters. The van der Waals surface area contributed by atoms with E-state index < -0.39 is 39.1 Å². The molecular formula is C6H14O8P2. The highest BCUT2D eigenvalue weighted by Gasteiger charge is 2.52. The van der Waals surface area contributed by atoms with E-state index in [4.69, 9.17) is 19.6 Å². The summed E-state index contributed by atoms with van der Waals surface area (Å²) < 4.78 is 31.4. The van der Waals surface area contributed by atoms with Crippen molar-refractivity contribution in [3.63, 3.8) is 0 Å². The highest BCUT2D eigenvalue weighted by molar-refractivity contribution is 7.54. The summed E-state index contributed by atoms with van der Waals surface area (Å²) in [6, 6.07) is 0. The first-order valence-electron chi connectivity index (χ1n) is 4.45. The number of aliphatic hydroxyl groups excluding tert-OH is 1. The van der Waals surface area contributed by atoms with Crippen LogP contribution in [0.15, 0.2) is 0 Å². The van der Waals surface area contributed by atoms with Crippen LogP contribution in [0, 0.1) is 0 Å². The minimum absolute atomic E-state index is 0.435. The van der Waals surface area contributed by atoms with Gasteiger partial charge in [0.25, 0.3) is 0 Å². The van der Waals surface area contributed by atoms with E-state index in [9.17, 15) is 14.0 Å². The van der Waals surface area contributed by atoms with Crippen LogP contribution in [0.4, 0.5) is 0 Å². The van der Waals surface area contributed by atoms with Gasteiger partial charge in [0, 0.05) is 0 Å². The second-order valence-corrected chi connectivity index (χ2v) is 7.16. The highest BCUT2D eigenvalue weighted by Crippen LogP contribution is 2.59. The van der Waals surface area contributed by atoms with Crippen LogP contribution in [0.2, 0.25) is 0 Å². The Morgan fingerprint density at radius 2 is 1.75 bits per heavy atom. The second-order valence-electron chi connectivity index (χ2n) is 3.61. The van der Waals surface area contributed by atoms with Crippen LogP contribution in [0.5, 0.6) is 0 Å². The molecule has 1 aliphatic heterocycles. The van der Waals surface area contributed by atoms with E-state index >= 15 is 0 Å². The average molecular weight is 276 g/mol. The van der Waals surface area contributed by atoms with Crippen LogP contribution in [-0.4, -0.2) is 43.7 Å². The van der Waals surface area contributed by atoms with Crippen molar-refractivity contribution in [2.24, 2.45) is 0 Å². The maximum absolute atomic E-state index is 11.5. The molecule has 96 valence electrons. The van der Waals surface area contributed by atoms with Gasteiger partial charge in [-0.1, -0.05) is 0 Å². The summed E-state index contributed by atoms with van der Waals surface area (Å²) in [6.45, 7) is 2.65. The van der Waals surface area contributed by atoms with Gasteiger partial charge in [0.05, 0.1) is 6.10 Å². The Labute approximate surface area is 91.9 Å². The highest BCUT2D eigenvalue weighted by atomic mass is 31.2. The molecule has 1 fully saturated rings. The fourth-order valence-electron chi connectivity index (χ4n) is 1.14. The van der Waals surface area contributed by atoms with E-state index in [1.165, 1.54) is 0 Å². The van der Waals surface area contributed by atoms with Gasteiger partial charge >= 0.3 is 15.2 Å². The molecule has 0 saturated carbocycles. The van der Waals surface area contributed by atoms with Crippen molar-refractivity contribution in [2.45, 2.75) is 37.7 Å². The van der Waals surface area contributed by atoms with Gasteiger partial charge in [-0.2, -0.15) is 0 Å². The van der Waals surface area contributed by atoms with Gasteiger partial charge in [0.2, 0.25) is 0 Å². The van der Waals surface area contributed by atoms with E-state index in [1.54, 1.807) is 6.92 Å².